The van der Waals surface area contributed by atoms with E-state index >= 15 is 0 Å². The molecule has 3 aromatic heterocycles. The van der Waals surface area contributed by atoms with E-state index < -0.39 is 16.1 Å². The number of nitrogens with zero attached hydrogens (tertiary/aromatic N) is 6. The first kappa shape index (κ1) is 24.4. The van der Waals surface area contributed by atoms with Gasteiger partial charge in [-0.05, 0) is 41.6 Å². The highest BCUT2D eigenvalue weighted by Crippen LogP contribution is 2.29. The molecule has 194 valence electrons. The first-order valence-corrected chi connectivity index (χ1v) is 14.5. The molecule has 4 aromatic rings. The van der Waals surface area contributed by atoms with Crippen molar-refractivity contribution in [1.82, 2.24) is 45.1 Å². The fraction of sp³-hybridized carbons (Fsp3) is 0.409. The molecule has 0 bridgehead atoms. The molecule has 1 fully saturated rings. The molecule has 0 saturated carbocycles. The van der Waals surface area contributed by atoms with Crippen LogP contribution >= 0.6 is 22.9 Å². The van der Waals surface area contributed by atoms with Crippen molar-refractivity contribution >= 4 is 49.8 Å². The highest BCUT2D eigenvalue weighted by atomic mass is 35.5. The second kappa shape index (κ2) is 9.44. The predicted octanol–water partition coefficient (Wildman–Crippen LogP) is 1.58. The third-order valence-corrected chi connectivity index (χ3v) is 9.88. The fourth-order valence-corrected chi connectivity index (χ4v) is 7.51. The van der Waals surface area contributed by atoms with Crippen LogP contribution < -0.4 is 5.32 Å². The van der Waals surface area contributed by atoms with Crippen molar-refractivity contribution in [2.24, 2.45) is 0 Å². The van der Waals surface area contributed by atoms with E-state index in [9.17, 15) is 13.2 Å². The molecule has 1 aromatic carbocycles. The Labute approximate surface area is 221 Å². The maximum Gasteiger partial charge on any atom is 0.283 e. The van der Waals surface area contributed by atoms with E-state index in [0.717, 1.165) is 17.0 Å². The molecule has 15 heteroatoms. The Morgan fingerprint density at radius 3 is 2.95 bits per heavy atom. The number of aromatic amines is 2. The summed E-state index contributed by atoms with van der Waals surface area (Å²) in [6.45, 7) is 3.24. The van der Waals surface area contributed by atoms with Gasteiger partial charge in [0, 0.05) is 65.9 Å². The highest BCUT2D eigenvalue weighted by Gasteiger charge is 2.39. The Bertz CT molecular complexity index is 1570. The summed E-state index contributed by atoms with van der Waals surface area (Å²) < 4.78 is 28.6. The SMILES string of the molecule is CC1Cc2nc(C(=O)N3CCN(S(=O)(=O)c4cc5cc(Cl)ccc5[nH]4)CC3Cc3nnn[nH]3)sc2CN1. The molecule has 0 radical (unpaired) electrons. The average Bonchev–Trinajstić information content (AvgIpc) is 3.63. The van der Waals surface area contributed by atoms with Crippen LogP contribution in [0.4, 0.5) is 0 Å². The number of thiazole rings is 1. The first-order valence-electron chi connectivity index (χ1n) is 11.8. The quantitative estimate of drug-likeness (QED) is 0.332. The van der Waals surface area contributed by atoms with Gasteiger partial charge in [-0.25, -0.2) is 18.5 Å². The normalized spacial score (nSPS) is 20.9. The van der Waals surface area contributed by atoms with Crippen LogP contribution in [0.2, 0.25) is 5.02 Å². The van der Waals surface area contributed by atoms with Crippen LogP contribution in [0.5, 0.6) is 0 Å². The smallest absolute Gasteiger partial charge is 0.283 e. The van der Waals surface area contributed by atoms with E-state index in [-0.39, 0.29) is 37.0 Å². The van der Waals surface area contributed by atoms with Gasteiger partial charge in [-0.3, -0.25) is 4.79 Å². The van der Waals surface area contributed by atoms with Gasteiger partial charge in [0.1, 0.15) is 5.03 Å². The van der Waals surface area contributed by atoms with Gasteiger partial charge in [-0.15, -0.1) is 16.4 Å². The summed E-state index contributed by atoms with van der Waals surface area (Å²) in [7, 11) is -3.86. The largest absolute Gasteiger partial charge is 0.345 e. The zero-order valence-corrected chi connectivity index (χ0v) is 22.2. The summed E-state index contributed by atoms with van der Waals surface area (Å²) in [5, 5.41) is 19.1. The highest BCUT2D eigenvalue weighted by molar-refractivity contribution is 7.89. The lowest BCUT2D eigenvalue weighted by Gasteiger charge is -2.40. The number of rotatable bonds is 5. The number of hydrogen-bond donors (Lipinski definition) is 3. The molecule has 0 aliphatic carbocycles. The van der Waals surface area contributed by atoms with E-state index in [1.807, 2.05) is 0 Å². The van der Waals surface area contributed by atoms with Gasteiger partial charge in [0.25, 0.3) is 15.9 Å². The second-order valence-electron chi connectivity index (χ2n) is 9.31. The van der Waals surface area contributed by atoms with E-state index in [1.165, 1.54) is 15.6 Å². The van der Waals surface area contributed by atoms with Gasteiger partial charge < -0.3 is 15.2 Å². The molecule has 2 aliphatic heterocycles. The van der Waals surface area contributed by atoms with E-state index in [0.29, 0.717) is 39.3 Å². The number of hydrogen-bond acceptors (Lipinski definition) is 9. The van der Waals surface area contributed by atoms with Crippen molar-refractivity contribution in [3.8, 4) is 0 Å². The lowest BCUT2D eigenvalue weighted by Crippen LogP contribution is -2.57. The molecule has 3 N–H and O–H groups in total. The Morgan fingerprint density at radius 1 is 1.27 bits per heavy atom. The van der Waals surface area contributed by atoms with Crippen LogP contribution in [0.1, 0.15) is 33.1 Å². The summed E-state index contributed by atoms with van der Waals surface area (Å²) >= 11 is 7.47. The zero-order chi connectivity index (χ0) is 25.7. The fourth-order valence-electron chi connectivity index (χ4n) is 4.85. The summed E-state index contributed by atoms with van der Waals surface area (Å²) in [4.78, 5) is 24.0. The molecule has 1 amide bonds. The van der Waals surface area contributed by atoms with Crippen LogP contribution in [-0.2, 0) is 29.4 Å². The minimum atomic E-state index is -3.86. The molecular formula is C22H24ClN9O3S2. The number of fused-ring (bicyclic) bond motifs is 2. The molecular weight excluding hydrogens is 538 g/mol. The number of halogens is 1. The third kappa shape index (κ3) is 4.63. The Kier molecular flexibility index (Phi) is 6.23. The lowest BCUT2D eigenvalue weighted by molar-refractivity contribution is 0.0561. The van der Waals surface area contributed by atoms with Crippen LogP contribution in [-0.4, -0.2) is 85.8 Å². The maximum atomic E-state index is 13.6. The molecule has 0 spiro atoms. The number of piperazine rings is 1. The monoisotopic (exact) mass is 561 g/mol. The van der Waals surface area contributed by atoms with Crippen molar-refractivity contribution in [2.45, 2.75) is 43.4 Å². The predicted molar refractivity (Wildman–Crippen MR) is 137 cm³/mol. The number of tetrazole rings is 1. The molecule has 2 aliphatic rings. The van der Waals surface area contributed by atoms with Crippen LogP contribution in [0.25, 0.3) is 10.9 Å². The van der Waals surface area contributed by atoms with Crippen molar-refractivity contribution in [3.63, 3.8) is 0 Å². The van der Waals surface area contributed by atoms with Crippen LogP contribution in [0, 0.1) is 0 Å². The number of aromatic nitrogens is 6. The zero-order valence-electron chi connectivity index (χ0n) is 19.8. The second-order valence-corrected chi connectivity index (χ2v) is 12.7. The van der Waals surface area contributed by atoms with Crippen molar-refractivity contribution in [2.75, 3.05) is 19.6 Å². The first-order chi connectivity index (χ1) is 17.8. The summed E-state index contributed by atoms with van der Waals surface area (Å²) in [5.74, 6) is 0.264. The molecule has 2 atom stereocenters. The lowest BCUT2D eigenvalue weighted by atomic mass is 10.1. The molecule has 12 nitrogen and oxygen atoms in total. The van der Waals surface area contributed by atoms with Crippen molar-refractivity contribution < 1.29 is 13.2 Å². The minimum Gasteiger partial charge on any atom is -0.345 e. The van der Waals surface area contributed by atoms with Crippen LogP contribution in [0.15, 0.2) is 29.3 Å². The van der Waals surface area contributed by atoms with Gasteiger partial charge in [-0.2, -0.15) is 4.31 Å². The van der Waals surface area contributed by atoms with Gasteiger partial charge in [-0.1, -0.05) is 11.6 Å². The molecule has 2 unspecified atom stereocenters. The molecule has 5 heterocycles. The third-order valence-electron chi connectivity index (χ3n) is 6.77. The van der Waals surface area contributed by atoms with Crippen molar-refractivity contribution in [3.05, 3.63) is 50.7 Å². The number of H-pyrrole nitrogens is 2. The van der Waals surface area contributed by atoms with E-state index in [1.54, 1.807) is 29.2 Å². The number of sulfonamides is 1. The standard InChI is InChI=1S/C22H24ClN9O3S2/c1-12-6-17-18(10-24-12)36-21(26-17)22(33)32-5-4-31(11-15(32)9-19-27-29-30-28-19)37(34,35)20-8-13-7-14(23)2-3-16(13)25-20/h2-3,7-8,12,15,24-25H,4-6,9-11H2,1H3,(H,27,28,29,30). The van der Waals surface area contributed by atoms with Gasteiger partial charge in [0.05, 0.1) is 11.7 Å². The number of carbonyl (C=O) groups excluding carboxylic acids is 1. The summed E-state index contributed by atoms with van der Waals surface area (Å²) in [6, 6.07) is 6.57. The van der Waals surface area contributed by atoms with Gasteiger partial charge in [0.2, 0.25) is 0 Å². The molecule has 37 heavy (non-hydrogen) atoms. The van der Waals surface area contributed by atoms with E-state index in [4.69, 9.17) is 11.6 Å². The molecule has 1 saturated heterocycles. The minimum absolute atomic E-state index is 0.0823. The number of amides is 1. The van der Waals surface area contributed by atoms with Crippen LogP contribution in [0.3, 0.4) is 0 Å². The van der Waals surface area contributed by atoms with Crippen molar-refractivity contribution in [1.29, 1.82) is 0 Å². The average molecular weight is 562 g/mol. The Hall–Kier alpha value is -2.91. The number of nitrogens with one attached hydrogen (secondary N) is 3. The Morgan fingerprint density at radius 2 is 2.14 bits per heavy atom. The maximum absolute atomic E-state index is 13.6. The summed E-state index contributed by atoms with van der Waals surface area (Å²) in [5.41, 5.74) is 1.63. The number of benzene rings is 1. The Balaban J connectivity index is 1.28. The number of carbonyl (C=O) groups is 1. The van der Waals surface area contributed by atoms with Gasteiger partial charge >= 0.3 is 0 Å². The summed E-state index contributed by atoms with van der Waals surface area (Å²) in [6.07, 6.45) is 1.05. The topological polar surface area (TPSA) is 153 Å². The molecule has 6 rings (SSSR count). The van der Waals surface area contributed by atoms with Gasteiger partial charge in [0.15, 0.2) is 10.8 Å². The van der Waals surface area contributed by atoms with E-state index in [2.05, 4.69) is 42.8 Å².